The number of aromatic nitrogens is 3. The van der Waals surface area contributed by atoms with Crippen LogP contribution in [0.4, 0.5) is 0 Å². The zero-order chi connectivity index (χ0) is 71.3. The molecule has 0 N–H and O–H groups in total. The molecule has 0 saturated carbocycles. The molecule has 6 aromatic heterocycles. The van der Waals surface area contributed by atoms with Crippen molar-refractivity contribution in [3.63, 3.8) is 0 Å². The van der Waals surface area contributed by atoms with Gasteiger partial charge < -0.3 is 13.3 Å². The minimum atomic E-state index is -2.24. The van der Waals surface area contributed by atoms with Crippen LogP contribution in [-0.4, -0.2) is 0 Å². The zero-order valence-electron chi connectivity index (χ0n) is 61.5. The van der Waals surface area contributed by atoms with Crippen LogP contribution in [0.1, 0.15) is 47.2 Å². The van der Waals surface area contributed by atoms with E-state index in [1.807, 2.05) is 121 Å². The van der Waals surface area contributed by atoms with Crippen LogP contribution in [-0.2, 0) is 21.1 Å². The highest BCUT2D eigenvalue weighted by Gasteiger charge is 2.27. The molecule has 12 aromatic carbocycles. The van der Waals surface area contributed by atoms with E-state index in [4.69, 9.17) is 21.5 Å². The summed E-state index contributed by atoms with van der Waals surface area (Å²) in [5.74, 6) is 0. The van der Waals surface area contributed by atoms with E-state index in [1.54, 1.807) is 12.4 Å². The maximum atomic E-state index is 8.20. The van der Waals surface area contributed by atoms with Gasteiger partial charge in [-0.05, 0) is 133 Å². The lowest BCUT2D eigenvalue weighted by Gasteiger charge is -2.10. The van der Waals surface area contributed by atoms with Gasteiger partial charge in [-0.2, -0.15) is 0 Å². The standard InChI is InChI=1S/C31H26NO.2C30H24NO/c1-19-9-12-23(13-10-19)27-17-28(32(4)18-21(27)3)29-20(2)11-15-26-25-16-14-22-7-5-6-8-24(22)30(25)33-31(26)29;1-19-13-15-25-24-16-14-22-11-7-8-12-23(22)29(24)32-30(25)28(19)27-17-26(20(2)18-31(27)3)21-9-5-4-6-10-21;1-19-8-11-21(12-9-19)23-16-17-31(3)27(18-23)28-20(2)10-14-26-25-15-13-22-6-4-5-7-24(22)29(25)32-30(26)28/h5-18H,1-4H3;2*4-18H,1-3H3/q3*+1/i3D3;2D3;. The first-order chi connectivity index (χ1) is 49.6. The first kappa shape index (κ1) is 53.6. The number of hydrogen-bond donors (Lipinski definition) is 0. The van der Waals surface area contributed by atoms with Crippen LogP contribution < -0.4 is 13.7 Å². The highest BCUT2D eigenvalue weighted by Crippen LogP contribution is 2.44. The molecule has 0 radical (unpaired) electrons. The largest absolute Gasteiger partial charge is 0.454 e. The molecule has 0 aliphatic heterocycles. The second-order valence-corrected chi connectivity index (χ2v) is 25.9. The molecular weight excluding hydrogens is 1180 g/mol. The number of pyridine rings is 3. The summed E-state index contributed by atoms with van der Waals surface area (Å²) in [5, 5.41) is 13.4. The summed E-state index contributed by atoms with van der Waals surface area (Å²) in [6, 6.07) is 85.5. The molecular formula is C91H74N3O3+3. The fourth-order valence-corrected chi connectivity index (χ4v) is 14.3. The zero-order valence-corrected chi connectivity index (χ0v) is 55.5. The number of aryl methyl sites for hydroxylation is 10. The summed E-state index contributed by atoms with van der Waals surface area (Å²) in [5.41, 5.74) is 23.3. The molecule has 18 aromatic rings. The van der Waals surface area contributed by atoms with Gasteiger partial charge in [0.15, 0.2) is 18.6 Å². The van der Waals surface area contributed by atoms with Crippen LogP contribution in [0.2, 0.25) is 0 Å². The number of benzene rings is 12. The van der Waals surface area contributed by atoms with E-state index in [-0.39, 0.29) is 0 Å². The van der Waals surface area contributed by atoms with Crippen molar-refractivity contribution < 1.29 is 35.2 Å². The van der Waals surface area contributed by atoms with Crippen molar-refractivity contribution in [2.45, 2.75) is 48.3 Å². The van der Waals surface area contributed by atoms with E-state index in [2.05, 4.69) is 203 Å². The van der Waals surface area contributed by atoms with Gasteiger partial charge in [-0.15, -0.1) is 0 Å². The molecule has 0 atom stereocenters. The first-order valence-corrected chi connectivity index (χ1v) is 32.9. The molecule has 0 fully saturated rings. The van der Waals surface area contributed by atoms with Gasteiger partial charge in [0, 0.05) is 92.1 Å². The molecule has 0 spiro atoms. The van der Waals surface area contributed by atoms with E-state index in [9.17, 15) is 0 Å². The van der Waals surface area contributed by atoms with E-state index in [1.165, 1.54) is 27.6 Å². The van der Waals surface area contributed by atoms with E-state index in [0.29, 0.717) is 22.3 Å². The van der Waals surface area contributed by atoms with Gasteiger partial charge >= 0.3 is 0 Å². The molecule has 0 amide bonds. The van der Waals surface area contributed by atoms with Crippen molar-refractivity contribution in [3.8, 4) is 67.2 Å². The topological polar surface area (TPSA) is 51.1 Å². The summed E-state index contributed by atoms with van der Waals surface area (Å²) in [4.78, 5) is 0. The Labute approximate surface area is 573 Å². The quantitative estimate of drug-likeness (QED) is 0.156. The van der Waals surface area contributed by atoms with Gasteiger partial charge in [-0.1, -0.05) is 217 Å². The Balaban J connectivity index is 0.000000119. The van der Waals surface area contributed by atoms with Gasteiger partial charge in [-0.3, -0.25) is 0 Å². The number of hydrogen-bond acceptors (Lipinski definition) is 3. The molecule has 0 aliphatic carbocycles. The Morgan fingerprint density at radius 1 is 0.268 bits per heavy atom. The smallest absolute Gasteiger partial charge is 0.216 e. The predicted molar refractivity (Wildman–Crippen MR) is 403 cm³/mol. The molecule has 97 heavy (non-hydrogen) atoms. The Kier molecular flexibility index (Phi) is 13.4. The lowest BCUT2D eigenvalue weighted by atomic mass is 9.95. The van der Waals surface area contributed by atoms with Gasteiger partial charge in [0.1, 0.15) is 54.6 Å². The Morgan fingerprint density at radius 3 is 1.01 bits per heavy atom. The van der Waals surface area contributed by atoms with Gasteiger partial charge in [0.25, 0.3) is 0 Å². The molecule has 18 rings (SSSR count). The van der Waals surface area contributed by atoms with Crippen molar-refractivity contribution >= 4 is 98.1 Å². The monoisotopic (exact) mass is 1260 g/mol. The third kappa shape index (κ3) is 10.6. The van der Waals surface area contributed by atoms with E-state index >= 15 is 0 Å². The lowest BCUT2D eigenvalue weighted by molar-refractivity contribution is -0.660. The number of furan rings is 3. The molecule has 6 heteroatoms. The van der Waals surface area contributed by atoms with Crippen molar-refractivity contribution in [2.24, 2.45) is 21.1 Å². The van der Waals surface area contributed by atoms with Crippen molar-refractivity contribution in [3.05, 3.63) is 306 Å². The second-order valence-electron chi connectivity index (χ2n) is 25.9. The fraction of sp³-hybridized carbons (Fsp3) is 0.110. The maximum Gasteiger partial charge on any atom is 0.216 e. The predicted octanol–water partition coefficient (Wildman–Crippen LogP) is 22.9. The summed E-state index contributed by atoms with van der Waals surface area (Å²) in [6.07, 6.45) is 5.62. The highest BCUT2D eigenvalue weighted by molar-refractivity contribution is 6.20. The Morgan fingerprint density at radius 2 is 0.608 bits per heavy atom. The lowest BCUT2D eigenvalue weighted by Crippen LogP contribution is -2.31. The third-order valence-corrected chi connectivity index (χ3v) is 19.5. The van der Waals surface area contributed by atoms with Crippen LogP contribution in [0.3, 0.4) is 0 Å². The fourth-order valence-electron chi connectivity index (χ4n) is 14.3. The summed E-state index contributed by atoms with van der Waals surface area (Å²) < 4.78 is 74.9. The number of fused-ring (bicyclic) bond motifs is 15. The summed E-state index contributed by atoms with van der Waals surface area (Å²) >= 11 is 0. The maximum absolute atomic E-state index is 8.20. The molecule has 0 unspecified atom stereocenters. The molecule has 0 bridgehead atoms. The molecule has 468 valence electrons. The Bertz CT molecular complexity index is 6420. The van der Waals surface area contributed by atoms with Crippen LogP contribution in [0, 0.1) is 48.3 Å². The van der Waals surface area contributed by atoms with Crippen molar-refractivity contribution in [1.29, 1.82) is 0 Å². The highest BCUT2D eigenvalue weighted by atomic mass is 16.3. The molecule has 0 aliphatic rings. The molecule has 6 heterocycles. The number of nitrogens with zero attached hydrogens (tertiary/aromatic N) is 3. The van der Waals surface area contributed by atoms with Crippen molar-refractivity contribution in [1.82, 2.24) is 0 Å². The summed E-state index contributed by atoms with van der Waals surface area (Å²) in [6.45, 7) is 5.98. The average molecular weight is 1260 g/mol. The third-order valence-electron chi connectivity index (χ3n) is 19.5. The van der Waals surface area contributed by atoms with E-state index < -0.39 is 13.7 Å². The van der Waals surface area contributed by atoms with Crippen molar-refractivity contribution in [2.75, 3.05) is 0 Å². The van der Waals surface area contributed by atoms with Gasteiger partial charge in [-0.25, -0.2) is 13.7 Å². The first-order valence-electron chi connectivity index (χ1n) is 35.9. The number of rotatable bonds is 6. The molecule has 6 nitrogen and oxygen atoms in total. The van der Waals surface area contributed by atoms with Gasteiger partial charge in [0.2, 0.25) is 17.1 Å². The minimum Gasteiger partial charge on any atom is -0.454 e. The van der Waals surface area contributed by atoms with Crippen LogP contribution in [0.15, 0.2) is 281 Å². The second kappa shape index (κ2) is 24.2. The van der Waals surface area contributed by atoms with Crippen LogP contribution in [0.25, 0.3) is 165 Å². The van der Waals surface area contributed by atoms with Gasteiger partial charge in [0.05, 0.1) is 16.7 Å². The molecule has 0 saturated heterocycles. The summed E-state index contributed by atoms with van der Waals surface area (Å²) in [7, 11) is 5.90. The minimum absolute atomic E-state index is 0.329. The average Bonchev–Trinajstić information content (AvgIpc) is 1.66. The van der Waals surface area contributed by atoms with Crippen LogP contribution in [0.5, 0.6) is 0 Å². The normalized spacial score (nSPS) is 12.8. The SMILES string of the molecule is Cc1ccc(-c2cc[n+](C)c(-c3c(C)ccc4c3oc3c5ccccc5ccc43)c2)cc1.[2H]C([2H])([2H])c1c[n+](C)c(-c2c(C)ccc3c2oc2c4ccccc4ccc32)cc1-c1ccc(C)cc1.[2H]C([2H])([2H])c1c[n+](C)c(-c2c(C)ccc3c2oc2c4ccccc4ccc32)cc1-c1ccccc1. The Hall–Kier alpha value is -11.7. The van der Waals surface area contributed by atoms with E-state index in [0.717, 1.165) is 154 Å². The van der Waals surface area contributed by atoms with Crippen LogP contribution >= 0.6 is 0 Å².